The average molecular weight is 547 g/mol. The minimum atomic E-state index is -1.01. The van der Waals surface area contributed by atoms with Gasteiger partial charge in [0, 0.05) is 38.4 Å². The van der Waals surface area contributed by atoms with E-state index in [0.29, 0.717) is 48.1 Å². The number of hydrogen-bond donors (Lipinski definition) is 1. The molecule has 0 bridgehead atoms. The summed E-state index contributed by atoms with van der Waals surface area (Å²) >= 11 is 0. The summed E-state index contributed by atoms with van der Waals surface area (Å²) in [6.07, 6.45) is 2.86. The standard InChI is InChI=1S/C29H46N4O6/c1-9-37-27(36)25(39-28(5,6)7)24-20(3)30-23-18-22(21(4)35)31-33(23)26(24)32-15-13-29(8,14-16-32)38-17-11-10-12-19(2)34/h18-19,25,34H,9-17H2,1-8H3/t19-,25+/m1/s1. The van der Waals surface area contributed by atoms with E-state index < -0.39 is 17.7 Å². The highest BCUT2D eigenvalue weighted by Gasteiger charge is 2.38. The van der Waals surface area contributed by atoms with E-state index in [1.807, 2.05) is 34.6 Å². The molecular weight excluding hydrogens is 500 g/mol. The van der Waals surface area contributed by atoms with Crippen LogP contribution in [0.4, 0.5) is 5.82 Å². The van der Waals surface area contributed by atoms with E-state index in [9.17, 15) is 14.7 Å². The molecule has 10 heteroatoms. The summed E-state index contributed by atoms with van der Waals surface area (Å²) in [5.41, 5.74) is 1.16. The Labute approximate surface area is 232 Å². The van der Waals surface area contributed by atoms with Crippen molar-refractivity contribution in [1.82, 2.24) is 14.6 Å². The number of nitrogens with zero attached hydrogens (tertiary/aromatic N) is 4. The zero-order valence-corrected chi connectivity index (χ0v) is 24.9. The number of ether oxygens (including phenoxy) is 3. The summed E-state index contributed by atoms with van der Waals surface area (Å²) in [7, 11) is 0. The number of aromatic nitrogens is 3. The Morgan fingerprint density at radius 1 is 1.21 bits per heavy atom. The molecule has 0 aromatic carbocycles. The molecule has 3 heterocycles. The van der Waals surface area contributed by atoms with E-state index in [0.717, 1.165) is 32.1 Å². The number of hydrogen-bond acceptors (Lipinski definition) is 9. The molecule has 0 saturated carbocycles. The highest BCUT2D eigenvalue weighted by atomic mass is 16.6. The number of carbonyl (C=O) groups excluding carboxylic acids is 2. The van der Waals surface area contributed by atoms with Crippen molar-refractivity contribution in [2.24, 2.45) is 0 Å². The van der Waals surface area contributed by atoms with Crippen molar-refractivity contribution in [3.8, 4) is 0 Å². The number of piperidine rings is 1. The first-order valence-corrected chi connectivity index (χ1v) is 14.1. The topological polar surface area (TPSA) is 115 Å². The lowest BCUT2D eigenvalue weighted by atomic mass is 9.92. The number of aliphatic hydroxyl groups excluding tert-OH is 1. The second-order valence-corrected chi connectivity index (χ2v) is 11.8. The molecule has 0 radical (unpaired) electrons. The summed E-state index contributed by atoms with van der Waals surface area (Å²) in [5, 5.41) is 14.1. The van der Waals surface area contributed by atoms with Gasteiger partial charge in [-0.3, -0.25) is 4.79 Å². The first kappa shape index (κ1) is 31.0. The van der Waals surface area contributed by atoms with Crippen LogP contribution in [0.3, 0.4) is 0 Å². The number of esters is 1. The van der Waals surface area contributed by atoms with Gasteiger partial charge in [0.2, 0.25) is 0 Å². The van der Waals surface area contributed by atoms with Crippen LogP contribution >= 0.6 is 0 Å². The fourth-order valence-electron chi connectivity index (χ4n) is 4.89. The van der Waals surface area contributed by atoms with Crippen LogP contribution in [0.5, 0.6) is 0 Å². The predicted octanol–water partition coefficient (Wildman–Crippen LogP) is 4.59. The fourth-order valence-corrected chi connectivity index (χ4v) is 4.89. The van der Waals surface area contributed by atoms with Crippen LogP contribution in [0.2, 0.25) is 0 Å². The Balaban J connectivity index is 1.98. The van der Waals surface area contributed by atoms with Crippen LogP contribution in [0.15, 0.2) is 6.07 Å². The first-order valence-electron chi connectivity index (χ1n) is 14.1. The van der Waals surface area contributed by atoms with Gasteiger partial charge in [-0.1, -0.05) is 0 Å². The molecule has 1 aliphatic heterocycles. The van der Waals surface area contributed by atoms with Crippen LogP contribution in [0.25, 0.3) is 5.65 Å². The normalized spacial score (nSPS) is 17.3. The van der Waals surface area contributed by atoms with Gasteiger partial charge in [-0.2, -0.15) is 9.61 Å². The van der Waals surface area contributed by atoms with Crippen LogP contribution in [-0.2, 0) is 19.0 Å². The molecule has 39 heavy (non-hydrogen) atoms. The number of fused-ring (bicyclic) bond motifs is 1. The molecule has 10 nitrogen and oxygen atoms in total. The van der Waals surface area contributed by atoms with Crippen LogP contribution in [-0.4, -0.2) is 75.1 Å². The van der Waals surface area contributed by atoms with Gasteiger partial charge in [-0.15, -0.1) is 0 Å². The van der Waals surface area contributed by atoms with Crippen LogP contribution in [0.1, 0.15) is 108 Å². The largest absolute Gasteiger partial charge is 0.464 e. The zero-order chi connectivity index (χ0) is 29.0. The maximum absolute atomic E-state index is 13.3. The summed E-state index contributed by atoms with van der Waals surface area (Å²) in [6, 6.07) is 1.68. The highest BCUT2D eigenvalue weighted by Crippen LogP contribution is 2.38. The van der Waals surface area contributed by atoms with E-state index in [2.05, 4.69) is 16.9 Å². The summed E-state index contributed by atoms with van der Waals surface area (Å²) < 4.78 is 19.7. The molecule has 2 aromatic heterocycles. The molecule has 2 aromatic rings. The molecule has 2 atom stereocenters. The second-order valence-electron chi connectivity index (χ2n) is 11.8. The van der Waals surface area contributed by atoms with Gasteiger partial charge in [-0.05, 0) is 80.6 Å². The smallest absolute Gasteiger partial charge is 0.340 e. The van der Waals surface area contributed by atoms with E-state index in [1.165, 1.54) is 6.92 Å². The van der Waals surface area contributed by atoms with Gasteiger partial charge in [0.25, 0.3) is 0 Å². The number of carbonyl (C=O) groups is 2. The highest BCUT2D eigenvalue weighted by molar-refractivity contribution is 5.93. The summed E-state index contributed by atoms with van der Waals surface area (Å²) in [5.74, 6) is 0.0410. The maximum atomic E-state index is 13.3. The van der Waals surface area contributed by atoms with Gasteiger partial charge < -0.3 is 24.2 Å². The number of unbranched alkanes of at least 4 members (excludes halogenated alkanes) is 1. The predicted molar refractivity (Wildman–Crippen MR) is 149 cm³/mol. The number of ketones is 1. The van der Waals surface area contributed by atoms with E-state index in [4.69, 9.17) is 19.2 Å². The third-order valence-electron chi connectivity index (χ3n) is 6.99. The molecule has 1 fully saturated rings. The molecule has 0 amide bonds. The Hall–Kier alpha value is -2.56. The van der Waals surface area contributed by atoms with Gasteiger partial charge in [0.1, 0.15) is 11.5 Å². The van der Waals surface area contributed by atoms with Crippen molar-refractivity contribution < 1.29 is 28.9 Å². The van der Waals surface area contributed by atoms with E-state index in [1.54, 1.807) is 17.5 Å². The van der Waals surface area contributed by atoms with Crippen molar-refractivity contribution >= 4 is 23.2 Å². The monoisotopic (exact) mass is 546 g/mol. The molecule has 3 rings (SSSR count). The zero-order valence-electron chi connectivity index (χ0n) is 24.9. The lowest BCUT2D eigenvalue weighted by Gasteiger charge is -2.41. The van der Waals surface area contributed by atoms with Crippen LogP contribution in [0, 0.1) is 6.92 Å². The number of aryl methyl sites for hydroxylation is 1. The lowest BCUT2D eigenvalue weighted by Crippen LogP contribution is -2.46. The quantitative estimate of drug-likeness (QED) is 0.232. The summed E-state index contributed by atoms with van der Waals surface area (Å²) in [6.45, 7) is 16.9. The average Bonchev–Trinajstić information content (AvgIpc) is 3.26. The van der Waals surface area contributed by atoms with Gasteiger partial charge >= 0.3 is 5.97 Å². The minimum Gasteiger partial charge on any atom is -0.464 e. The SMILES string of the molecule is CCOC(=O)[C@@H](OC(C)(C)C)c1c(C)nc2cc(C(C)=O)nn2c1N1CCC(C)(OCCCC[C@@H](C)O)CC1. The molecule has 0 spiro atoms. The Kier molecular flexibility index (Phi) is 10.1. The Morgan fingerprint density at radius 3 is 2.44 bits per heavy atom. The molecular formula is C29H46N4O6. The number of anilines is 1. The van der Waals surface area contributed by atoms with Crippen molar-refractivity contribution in [2.45, 2.75) is 111 Å². The number of rotatable bonds is 12. The molecule has 0 aliphatic carbocycles. The third-order valence-corrected chi connectivity index (χ3v) is 6.99. The van der Waals surface area contributed by atoms with Crippen molar-refractivity contribution in [1.29, 1.82) is 0 Å². The van der Waals surface area contributed by atoms with Crippen molar-refractivity contribution in [2.75, 3.05) is 31.2 Å². The van der Waals surface area contributed by atoms with E-state index >= 15 is 0 Å². The molecule has 1 N–H and O–H groups in total. The van der Waals surface area contributed by atoms with Gasteiger partial charge in [0.15, 0.2) is 17.5 Å². The number of Topliss-reactive ketones (excluding diaryl/α,β-unsaturated/α-hetero) is 1. The summed E-state index contributed by atoms with van der Waals surface area (Å²) in [4.78, 5) is 32.4. The lowest BCUT2D eigenvalue weighted by molar-refractivity contribution is -0.166. The fraction of sp³-hybridized carbons (Fsp3) is 0.724. The first-order chi connectivity index (χ1) is 18.2. The van der Waals surface area contributed by atoms with Crippen molar-refractivity contribution in [3.63, 3.8) is 0 Å². The van der Waals surface area contributed by atoms with Crippen LogP contribution < -0.4 is 4.90 Å². The Bertz CT molecular complexity index is 1140. The third kappa shape index (κ3) is 7.99. The van der Waals surface area contributed by atoms with Gasteiger partial charge in [0.05, 0.1) is 29.5 Å². The molecule has 1 aliphatic rings. The second kappa shape index (κ2) is 12.7. The molecule has 218 valence electrons. The maximum Gasteiger partial charge on any atom is 0.340 e. The molecule has 0 unspecified atom stereocenters. The molecule has 1 saturated heterocycles. The number of aliphatic hydroxyl groups is 1. The van der Waals surface area contributed by atoms with Gasteiger partial charge in [-0.25, -0.2) is 9.78 Å². The van der Waals surface area contributed by atoms with Crippen molar-refractivity contribution in [3.05, 3.63) is 23.0 Å². The minimum absolute atomic E-state index is 0.159. The Morgan fingerprint density at radius 2 is 1.87 bits per heavy atom. The van der Waals surface area contributed by atoms with E-state index in [-0.39, 0.29) is 24.1 Å².